The zero-order valence-electron chi connectivity index (χ0n) is 9.87. The summed E-state index contributed by atoms with van der Waals surface area (Å²) in [5.41, 5.74) is 0. The highest BCUT2D eigenvalue weighted by Gasteiger charge is 2.21. The summed E-state index contributed by atoms with van der Waals surface area (Å²) in [6.07, 6.45) is 3.08. The van der Waals surface area contributed by atoms with Gasteiger partial charge in [0.25, 0.3) is 0 Å². The summed E-state index contributed by atoms with van der Waals surface area (Å²) in [5.74, 6) is 0.724. The topological polar surface area (TPSA) is 70.6 Å². The van der Waals surface area contributed by atoms with Crippen molar-refractivity contribution in [1.29, 1.82) is 0 Å². The fraction of sp³-hybridized carbons (Fsp3) is 0.909. The molecule has 1 rings (SSSR count). The molecule has 1 saturated carbocycles. The fourth-order valence-corrected chi connectivity index (χ4v) is 1.48. The van der Waals surface area contributed by atoms with Gasteiger partial charge < -0.3 is 20.5 Å². The van der Waals surface area contributed by atoms with Gasteiger partial charge in [0.2, 0.25) is 5.91 Å². The molecule has 1 atom stereocenters. The predicted molar refractivity (Wildman–Crippen MR) is 61.1 cm³/mol. The Kier molecular flexibility index (Phi) is 6.37. The first-order valence-electron chi connectivity index (χ1n) is 5.86. The average molecular weight is 230 g/mol. The second kappa shape index (κ2) is 7.60. The third kappa shape index (κ3) is 6.05. The van der Waals surface area contributed by atoms with E-state index in [1.807, 2.05) is 0 Å². The number of rotatable bonds is 9. The summed E-state index contributed by atoms with van der Waals surface area (Å²) in [6.45, 7) is 1.71. The minimum absolute atomic E-state index is 0.0194. The Balaban J connectivity index is 2.06. The number of carbonyl (C=O) groups excluding carboxylic acids is 1. The highest BCUT2D eigenvalue weighted by Crippen LogP contribution is 2.27. The van der Waals surface area contributed by atoms with Crippen LogP contribution < -0.4 is 10.6 Å². The van der Waals surface area contributed by atoms with Crippen LogP contribution in [0.25, 0.3) is 0 Å². The Morgan fingerprint density at radius 3 is 2.88 bits per heavy atom. The van der Waals surface area contributed by atoms with E-state index in [4.69, 9.17) is 9.84 Å². The van der Waals surface area contributed by atoms with Crippen molar-refractivity contribution in [2.24, 2.45) is 5.92 Å². The van der Waals surface area contributed by atoms with E-state index in [1.165, 1.54) is 12.8 Å². The molecule has 1 fully saturated rings. The van der Waals surface area contributed by atoms with Crippen LogP contribution in [0.1, 0.15) is 19.3 Å². The Morgan fingerprint density at radius 1 is 1.56 bits per heavy atom. The number of hydrogen-bond acceptors (Lipinski definition) is 4. The van der Waals surface area contributed by atoms with Gasteiger partial charge in [-0.05, 0) is 25.2 Å². The van der Waals surface area contributed by atoms with Gasteiger partial charge in [-0.3, -0.25) is 4.79 Å². The number of amides is 1. The van der Waals surface area contributed by atoms with Crippen molar-refractivity contribution in [3.05, 3.63) is 0 Å². The molecule has 0 aromatic heterocycles. The normalized spacial score (nSPS) is 17.1. The molecule has 0 saturated heterocycles. The summed E-state index contributed by atoms with van der Waals surface area (Å²) in [5, 5.41) is 14.8. The Morgan fingerprint density at radius 2 is 2.31 bits per heavy atom. The number of carbonyl (C=O) groups is 1. The molecular weight excluding hydrogens is 208 g/mol. The lowest BCUT2D eigenvalue weighted by Crippen LogP contribution is -2.42. The first-order chi connectivity index (χ1) is 7.76. The molecule has 0 radical (unpaired) electrons. The number of methoxy groups -OCH3 is 1. The number of aliphatic hydroxyl groups excluding tert-OH is 1. The van der Waals surface area contributed by atoms with Gasteiger partial charge in [-0.25, -0.2) is 0 Å². The van der Waals surface area contributed by atoms with Crippen molar-refractivity contribution in [3.63, 3.8) is 0 Å². The maximum absolute atomic E-state index is 11.4. The van der Waals surface area contributed by atoms with Crippen molar-refractivity contribution in [1.82, 2.24) is 10.6 Å². The monoisotopic (exact) mass is 230 g/mol. The molecule has 1 aliphatic rings. The van der Waals surface area contributed by atoms with E-state index < -0.39 is 0 Å². The lowest BCUT2D eigenvalue weighted by Gasteiger charge is -2.16. The summed E-state index contributed by atoms with van der Waals surface area (Å²) >= 11 is 0. The molecule has 1 unspecified atom stereocenters. The first-order valence-corrected chi connectivity index (χ1v) is 5.86. The van der Waals surface area contributed by atoms with E-state index in [0.717, 1.165) is 6.54 Å². The summed E-state index contributed by atoms with van der Waals surface area (Å²) in [7, 11) is 1.61. The highest BCUT2D eigenvalue weighted by atomic mass is 16.5. The summed E-state index contributed by atoms with van der Waals surface area (Å²) in [4.78, 5) is 11.4. The van der Waals surface area contributed by atoms with Gasteiger partial charge in [0.05, 0.1) is 13.2 Å². The molecule has 94 valence electrons. The molecular formula is C11H22N2O3. The average Bonchev–Trinajstić information content (AvgIpc) is 3.07. The van der Waals surface area contributed by atoms with Gasteiger partial charge in [0.15, 0.2) is 0 Å². The molecule has 5 heteroatoms. The van der Waals surface area contributed by atoms with E-state index in [-0.39, 0.29) is 18.6 Å². The van der Waals surface area contributed by atoms with E-state index in [9.17, 15) is 4.79 Å². The summed E-state index contributed by atoms with van der Waals surface area (Å²) in [6, 6.07) is 0.0432. The molecule has 0 heterocycles. The standard InChI is InChI=1S/C11H22N2O3/c1-16-8-10(4-5-14)12-7-11(15)13-6-9-2-3-9/h9-10,12,14H,2-8H2,1H3,(H,13,15). The van der Waals surface area contributed by atoms with Crippen LogP contribution in [0, 0.1) is 5.92 Å². The SMILES string of the molecule is COCC(CCO)NCC(=O)NCC1CC1. The first kappa shape index (κ1) is 13.4. The minimum Gasteiger partial charge on any atom is -0.396 e. The molecule has 5 nitrogen and oxygen atoms in total. The van der Waals surface area contributed by atoms with E-state index >= 15 is 0 Å². The van der Waals surface area contributed by atoms with Crippen molar-refractivity contribution in [2.75, 3.05) is 33.4 Å². The predicted octanol–water partition coefficient (Wildman–Crippen LogP) is -0.500. The Hall–Kier alpha value is -0.650. The van der Waals surface area contributed by atoms with Crippen LogP contribution in [0.3, 0.4) is 0 Å². The molecule has 0 aromatic carbocycles. The molecule has 1 amide bonds. The molecule has 3 N–H and O–H groups in total. The van der Waals surface area contributed by atoms with Crippen LogP contribution in [-0.4, -0.2) is 50.5 Å². The van der Waals surface area contributed by atoms with Crippen LogP contribution in [0.15, 0.2) is 0 Å². The van der Waals surface area contributed by atoms with Crippen molar-refractivity contribution in [3.8, 4) is 0 Å². The third-order valence-corrected chi connectivity index (χ3v) is 2.68. The van der Waals surface area contributed by atoms with Crippen LogP contribution in [0.4, 0.5) is 0 Å². The van der Waals surface area contributed by atoms with E-state index in [0.29, 0.717) is 25.5 Å². The third-order valence-electron chi connectivity index (χ3n) is 2.68. The zero-order valence-corrected chi connectivity index (χ0v) is 9.87. The number of hydrogen-bond donors (Lipinski definition) is 3. The lowest BCUT2D eigenvalue weighted by molar-refractivity contribution is -0.120. The van der Waals surface area contributed by atoms with Gasteiger partial charge >= 0.3 is 0 Å². The van der Waals surface area contributed by atoms with Crippen LogP contribution in [0.2, 0.25) is 0 Å². The lowest BCUT2D eigenvalue weighted by atomic mass is 10.2. The molecule has 1 aliphatic carbocycles. The zero-order chi connectivity index (χ0) is 11.8. The fourth-order valence-electron chi connectivity index (χ4n) is 1.48. The number of ether oxygens (including phenoxy) is 1. The largest absolute Gasteiger partial charge is 0.396 e. The highest BCUT2D eigenvalue weighted by molar-refractivity contribution is 5.78. The van der Waals surface area contributed by atoms with Crippen molar-refractivity contribution in [2.45, 2.75) is 25.3 Å². The molecule has 16 heavy (non-hydrogen) atoms. The second-order valence-corrected chi connectivity index (χ2v) is 4.29. The van der Waals surface area contributed by atoms with Crippen LogP contribution >= 0.6 is 0 Å². The van der Waals surface area contributed by atoms with Crippen molar-refractivity contribution >= 4 is 5.91 Å². The summed E-state index contributed by atoms with van der Waals surface area (Å²) < 4.78 is 4.99. The van der Waals surface area contributed by atoms with Gasteiger partial charge in [0, 0.05) is 26.3 Å². The molecule has 0 aliphatic heterocycles. The Labute approximate surface area is 96.6 Å². The minimum atomic E-state index is 0.0194. The number of aliphatic hydroxyl groups is 1. The Bertz CT molecular complexity index is 201. The molecule has 0 aromatic rings. The van der Waals surface area contributed by atoms with Gasteiger partial charge in [-0.1, -0.05) is 0 Å². The smallest absolute Gasteiger partial charge is 0.233 e. The molecule has 0 bridgehead atoms. The van der Waals surface area contributed by atoms with E-state index in [1.54, 1.807) is 7.11 Å². The maximum atomic E-state index is 11.4. The van der Waals surface area contributed by atoms with Crippen LogP contribution in [0.5, 0.6) is 0 Å². The van der Waals surface area contributed by atoms with E-state index in [2.05, 4.69) is 10.6 Å². The van der Waals surface area contributed by atoms with Gasteiger partial charge in [-0.15, -0.1) is 0 Å². The maximum Gasteiger partial charge on any atom is 0.233 e. The van der Waals surface area contributed by atoms with Crippen LogP contribution in [-0.2, 0) is 9.53 Å². The second-order valence-electron chi connectivity index (χ2n) is 4.29. The van der Waals surface area contributed by atoms with Crippen molar-refractivity contribution < 1.29 is 14.6 Å². The quantitative estimate of drug-likeness (QED) is 0.499. The number of nitrogens with one attached hydrogen (secondary N) is 2. The van der Waals surface area contributed by atoms with Gasteiger partial charge in [-0.2, -0.15) is 0 Å². The molecule has 0 spiro atoms. The van der Waals surface area contributed by atoms with Gasteiger partial charge in [0.1, 0.15) is 0 Å².